The zero-order valence-corrected chi connectivity index (χ0v) is 8.75. The summed E-state index contributed by atoms with van der Waals surface area (Å²) >= 11 is 0. The van der Waals surface area contributed by atoms with Crippen LogP contribution in [0.2, 0.25) is 0 Å². The Labute approximate surface area is 91.1 Å². The molecule has 1 aromatic rings. The Morgan fingerprint density at radius 2 is 2.00 bits per heavy atom. The van der Waals surface area contributed by atoms with Gasteiger partial charge < -0.3 is 10.6 Å². The number of anilines is 1. The van der Waals surface area contributed by atoms with E-state index in [9.17, 15) is 13.2 Å². The van der Waals surface area contributed by atoms with E-state index in [1.165, 1.54) is 6.07 Å². The van der Waals surface area contributed by atoms with E-state index in [0.717, 1.165) is 12.3 Å². The van der Waals surface area contributed by atoms with Gasteiger partial charge >= 0.3 is 6.18 Å². The molecule has 0 atom stereocenters. The molecule has 3 nitrogen and oxygen atoms in total. The van der Waals surface area contributed by atoms with Gasteiger partial charge in [0.05, 0.1) is 5.56 Å². The van der Waals surface area contributed by atoms with E-state index in [2.05, 4.69) is 4.98 Å². The maximum absolute atomic E-state index is 12.3. The molecule has 0 radical (unpaired) electrons. The van der Waals surface area contributed by atoms with Crippen LogP contribution in [0.4, 0.5) is 19.0 Å². The number of nitrogens with two attached hydrogens (primary N) is 1. The van der Waals surface area contributed by atoms with Crippen LogP contribution in [0, 0.1) is 0 Å². The van der Waals surface area contributed by atoms with Crippen molar-refractivity contribution < 1.29 is 13.2 Å². The van der Waals surface area contributed by atoms with Crippen LogP contribution in [0.5, 0.6) is 0 Å². The molecule has 88 valence electrons. The van der Waals surface area contributed by atoms with Crippen molar-refractivity contribution in [3.63, 3.8) is 0 Å². The zero-order valence-electron chi connectivity index (χ0n) is 8.75. The van der Waals surface area contributed by atoms with Gasteiger partial charge in [0.1, 0.15) is 5.82 Å². The van der Waals surface area contributed by atoms with Gasteiger partial charge in [0.25, 0.3) is 0 Å². The fraction of sp³-hybridized carbons (Fsp3) is 0.500. The predicted octanol–water partition coefficient (Wildman–Crippen LogP) is 1.64. The molecule has 1 fully saturated rings. The average molecular weight is 231 g/mol. The Hall–Kier alpha value is -1.30. The maximum atomic E-state index is 12.3. The Balaban J connectivity index is 2.10. The molecule has 6 heteroatoms. The van der Waals surface area contributed by atoms with Gasteiger partial charge in [-0.15, -0.1) is 0 Å². The summed E-state index contributed by atoms with van der Waals surface area (Å²) in [7, 11) is 0. The molecule has 1 aliphatic heterocycles. The zero-order chi connectivity index (χ0) is 12.0. The first-order valence-electron chi connectivity index (χ1n) is 4.85. The van der Waals surface area contributed by atoms with Crippen molar-refractivity contribution in [2.45, 2.75) is 18.6 Å². The molecular formula is C10H12F3N3. The SMILES string of the molecule is CC1(N)CN(c2ccc(C(F)(F)F)cn2)C1. The van der Waals surface area contributed by atoms with Crippen LogP contribution in [0.15, 0.2) is 18.3 Å². The molecule has 0 unspecified atom stereocenters. The number of halogens is 3. The van der Waals surface area contributed by atoms with Crippen LogP contribution in [0.25, 0.3) is 0 Å². The van der Waals surface area contributed by atoms with Gasteiger partial charge in [-0.2, -0.15) is 13.2 Å². The van der Waals surface area contributed by atoms with Gasteiger partial charge in [0.2, 0.25) is 0 Å². The van der Waals surface area contributed by atoms with Gasteiger partial charge in [-0.25, -0.2) is 4.98 Å². The quantitative estimate of drug-likeness (QED) is 0.798. The van der Waals surface area contributed by atoms with Gasteiger partial charge in [-0.05, 0) is 19.1 Å². The normalized spacial score (nSPS) is 19.4. The summed E-state index contributed by atoms with van der Waals surface area (Å²) in [5.74, 6) is 0.538. The third-order valence-corrected chi connectivity index (χ3v) is 2.50. The Bertz CT molecular complexity index is 375. The Morgan fingerprint density at radius 3 is 2.38 bits per heavy atom. The molecule has 0 aliphatic carbocycles. The van der Waals surface area contributed by atoms with E-state index < -0.39 is 11.7 Å². The van der Waals surface area contributed by atoms with E-state index in [1.807, 2.05) is 11.8 Å². The van der Waals surface area contributed by atoms with Crippen molar-refractivity contribution in [2.75, 3.05) is 18.0 Å². The summed E-state index contributed by atoms with van der Waals surface area (Å²) in [6, 6.07) is 2.41. The molecule has 16 heavy (non-hydrogen) atoms. The van der Waals surface area contributed by atoms with Crippen LogP contribution >= 0.6 is 0 Å². The minimum absolute atomic E-state index is 0.260. The van der Waals surface area contributed by atoms with Gasteiger partial charge in [-0.1, -0.05) is 0 Å². The molecule has 0 bridgehead atoms. The van der Waals surface area contributed by atoms with E-state index in [-0.39, 0.29) is 5.54 Å². The predicted molar refractivity (Wildman–Crippen MR) is 54.0 cm³/mol. The smallest absolute Gasteiger partial charge is 0.353 e. The Morgan fingerprint density at radius 1 is 1.38 bits per heavy atom. The van der Waals surface area contributed by atoms with E-state index in [1.54, 1.807) is 0 Å². The van der Waals surface area contributed by atoms with Crippen LogP contribution < -0.4 is 10.6 Å². The molecule has 1 aromatic heterocycles. The topological polar surface area (TPSA) is 42.1 Å². The first-order chi connectivity index (χ1) is 7.28. The van der Waals surface area contributed by atoms with E-state index >= 15 is 0 Å². The summed E-state index contributed by atoms with van der Waals surface area (Å²) in [5, 5.41) is 0. The fourth-order valence-electron chi connectivity index (χ4n) is 1.73. The lowest BCUT2D eigenvalue weighted by Crippen LogP contribution is -2.65. The lowest BCUT2D eigenvalue weighted by atomic mass is 9.94. The number of hydrogen-bond acceptors (Lipinski definition) is 3. The highest BCUT2D eigenvalue weighted by atomic mass is 19.4. The molecule has 0 saturated carbocycles. The Kier molecular flexibility index (Phi) is 2.34. The van der Waals surface area contributed by atoms with Crippen LogP contribution in [-0.2, 0) is 6.18 Å². The third-order valence-electron chi connectivity index (χ3n) is 2.50. The highest BCUT2D eigenvalue weighted by molar-refractivity contribution is 5.44. The number of pyridine rings is 1. The molecule has 1 aliphatic rings. The lowest BCUT2D eigenvalue weighted by Gasteiger charge is -2.46. The summed E-state index contributed by atoms with van der Waals surface area (Å²) in [6.45, 7) is 3.13. The highest BCUT2D eigenvalue weighted by Gasteiger charge is 2.36. The van der Waals surface area contributed by atoms with Crippen LogP contribution in [-0.4, -0.2) is 23.6 Å². The molecule has 0 spiro atoms. The minimum atomic E-state index is -4.33. The largest absolute Gasteiger partial charge is 0.417 e. The van der Waals surface area contributed by atoms with Gasteiger partial charge in [0.15, 0.2) is 0 Å². The second-order valence-electron chi connectivity index (χ2n) is 4.41. The highest BCUT2D eigenvalue weighted by Crippen LogP contribution is 2.30. The van der Waals surface area contributed by atoms with Crippen molar-refractivity contribution in [3.05, 3.63) is 23.9 Å². The summed E-state index contributed by atoms with van der Waals surface area (Å²) < 4.78 is 36.8. The van der Waals surface area contributed by atoms with Crippen molar-refractivity contribution in [1.29, 1.82) is 0 Å². The second-order valence-corrected chi connectivity index (χ2v) is 4.41. The number of aromatic nitrogens is 1. The first kappa shape index (κ1) is 11.2. The first-order valence-corrected chi connectivity index (χ1v) is 4.85. The number of nitrogens with zero attached hydrogens (tertiary/aromatic N) is 2. The van der Waals surface area contributed by atoms with E-state index in [0.29, 0.717) is 18.9 Å². The molecule has 2 rings (SSSR count). The molecule has 2 N–H and O–H groups in total. The lowest BCUT2D eigenvalue weighted by molar-refractivity contribution is -0.137. The van der Waals surface area contributed by atoms with Crippen LogP contribution in [0.3, 0.4) is 0 Å². The summed E-state index contributed by atoms with van der Waals surface area (Å²) in [5.41, 5.74) is 4.81. The van der Waals surface area contributed by atoms with E-state index in [4.69, 9.17) is 5.73 Å². The van der Waals surface area contributed by atoms with Crippen molar-refractivity contribution in [1.82, 2.24) is 4.98 Å². The summed E-state index contributed by atoms with van der Waals surface area (Å²) in [6.07, 6.45) is -3.48. The van der Waals surface area contributed by atoms with Crippen molar-refractivity contribution in [2.24, 2.45) is 5.73 Å². The molecule has 2 heterocycles. The average Bonchev–Trinajstić information content (AvgIpc) is 2.13. The van der Waals surface area contributed by atoms with Gasteiger partial charge in [-0.3, -0.25) is 0 Å². The maximum Gasteiger partial charge on any atom is 0.417 e. The minimum Gasteiger partial charge on any atom is -0.353 e. The monoisotopic (exact) mass is 231 g/mol. The van der Waals surface area contributed by atoms with Crippen molar-refractivity contribution >= 4 is 5.82 Å². The molecule has 1 saturated heterocycles. The number of alkyl halides is 3. The second kappa shape index (κ2) is 3.35. The third kappa shape index (κ3) is 2.11. The number of hydrogen-bond donors (Lipinski definition) is 1. The molecule has 0 aromatic carbocycles. The fourth-order valence-corrected chi connectivity index (χ4v) is 1.73. The molecule has 0 amide bonds. The molecular weight excluding hydrogens is 219 g/mol. The van der Waals surface area contributed by atoms with Crippen molar-refractivity contribution in [3.8, 4) is 0 Å². The van der Waals surface area contributed by atoms with Crippen LogP contribution in [0.1, 0.15) is 12.5 Å². The standard InChI is InChI=1S/C10H12F3N3/c1-9(14)5-16(6-9)8-3-2-7(4-15-8)10(11,12)13/h2-4H,5-6,14H2,1H3. The summed E-state index contributed by atoms with van der Waals surface area (Å²) in [4.78, 5) is 5.63. The number of rotatable bonds is 1. The van der Waals surface area contributed by atoms with Gasteiger partial charge in [0, 0.05) is 24.8 Å².